The van der Waals surface area contributed by atoms with Gasteiger partial charge in [-0.1, -0.05) is 22.0 Å². The third kappa shape index (κ3) is 2.94. The molecule has 0 aliphatic carbocycles. The van der Waals surface area contributed by atoms with E-state index in [1.165, 1.54) is 5.56 Å². The molecule has 5 heteroatoms. The summed E-state index contributed by atoms with van der Waals surface area (Å²) in [5.41, 5.74) is 9.18. The number of nitrogens with zero attached hydrogens (tertiary/aromatic N) is 1. The normalized spacial score (nSPS) is 10.6. The van der Waals surface area contributed by atoms with Crippen molar-refractivity contribution < 1.29 is 0 Å². The fourth-order valence-electron chi connectivity index (χ4n) is 2.32. The molecule has 0 aliphatic rings. The number of hydrogen-bond donors (Lipinski definition) is 3. The number of nitrogens with one attached hydrogen (secondary N) is 2. The molecule has 0 saturated heterocycles. The number of aryl methyl sites for hydroxylation is 1. The molecule has 0 radical (unpaired) electrons. The molecule has 1 heterocycles. The molecule has 2 aromatic carbocycles. The number of anilines is 2. The first kappa shape index (κ1) is 14.5. The predicted octanol–water partition coefficient (Wildman–Crippen LogP) is 4.33. The molecule has 0 atom stereocenters. The first-order valence-corrected chi connectivity index (χ1v) is 7.60. The number of amidine groups is 1. The van der Waals surface area contributed by atoms with E-state index in [0.717, 1.165) is 26.9 Å². The van der Waals surface area contributed by atoms with Crippen molar-refractivity contribution in [1.82, 2.24) is 4.98 Å². The Labute approximate surface area is 137 Å². The number of halogens is 1. The van der Waals surface area contributed by atoms with Crippen molar-refractivity contribution in [2.45, 2.75) is 6.92 Å². The summed E-state index contributed by atoms with van der Waals surface area (Å²) in [5, 5.41) is 11.8. The Morgan fingerprint density at radius 3 is 2.55 bits per heavy atom. The van der Waals surface area contributed by atoms with Crippen molar-refractivity contribution in [3.63, 3.8) is 0 Å². The van der Waals surface area contributed by atoms with E-state index in [0.29, 0.717) is 5.56 Å². The molecular formula is C17H15BrN4. The minimum absolute atomic E-state index is 0.0658. The van der Waals surface area contributed by atoms with Crippen LogP contribution in [0.3, 0.4) is 0 Å². The highest BCUT2D eigenvalue weighted by Gasteiger charge is 2.04. The van der Waals surface area contributed by atoms with Crippen LogP contribution in [-0.2, 0) is 0 Å². The lowest BCUT2D eigenvalue weighted by molar-refractivity contribution is 1.34. The van der Waals surface area contributed by atoms with Gasteiger partial charge in [-0.05, 0) is 55.0 Å². The van der Waals surface area contributed by atoms with Crippen LogP contribution in [0.5, 0.6) is 0 Å². The number of nitrogens with two attached hydrogens (primary N) is 1. The SMILES string of the molecule is Cc1cc(Nc2ccc(C(=N)N)cc2)nc2cc(Br)ccc12. The molecule has 3 aromatic rings. The zero-order valence-corrected chi connectivity index (χ0v) is 13.6. The van der Waals surface area contributed by atoms with Gasteiger partial charge in [0.15, 0.2) is 0 Å². The second-order valence-corrected chi connectivity index (χ2v) is 6.02. The fraction of sp³-hybridized carbons (Fsp3) is 0.0588. The highest BCUT2D eigenvalue weighted by Crippen LogP contribution is 2.25. The van der Waals surface area contributed by atoms with Gasteiger partial charge in [0.05, 0.1) is 5.52 Å². The van der Waals surface area contributed by atoms with Gasteiger partial charge >= 0.3 is 0 Å². The van der Waals surface area contributed by atoms with Crippen LogP contribution in [0.4, 0.5) is 11.5 Å². The van der Waals surface area contributed by atoms with Gasteiger partial charge in [0.2, 0.25) is 0 Å². The minimum atomic E-state index is 0.0658. The zero-order chi connectivity index (χ0) is 15.7. The molecular weight excluding hydrogens is 340 g/mol. The minimum Gasteiger partial charge on any atom is -0.384 e. The standard InChI is InChI=1S/C17H15BrN4/c1-10-8-16(22-15-9-12(18)4-7-14(10)15)21-13-5-2-11(3-6-13)17(19)20/h2-9H,1H3,(H3,19,20)(H,21,22). The first-order valence-electron chi connectivity index (χ1n) is 6.81. The highest BCUT2D eigenvalue weighted by molar-refractivity contribution is 9.10. The number of rotatable bonds is 3. The lowest BCUT2D eigenvalue weighted by atomic mass is 10.1. The van der Waals surface area contributed by atoms with E-state index < -0.39 is 0 Å². The molecule has 110 valence electrons. The maximum atomic E-state index is 7.41. The third-order valence-corrected chi connectivity index (χ3v) is 3.94. The van der Waals surface area contributed by atoms with Crippen molar-refractivity contribution in [1.29, 1.82) is 5.41 Å². The van der Waals surface area contributed by atoms with Crippen LogP contribution >= 0.6 is 15.9 Å². The van der Waals surface area contributed by atoms with E-state index in [9.17, 15) is 0 Å². The Morgan fingerprint density at radius 2 is 1.86 bits per heavy atom. The van der Waals surface area contributed by atoms with Gasteiger partial charge in [0.1, 0.15) is 11.7 Å². The molecule has 1 aromatic heterocycles. The van der Waals surface area contributed by atoms with Crippen molar-refractivity contribution in [2.24, 2.45) is 5.73 Å². The molecule has 0 spiro atoms. The van der Waals surface area contributed by atoms with Gasteiger partial charge in [-0.15, -0.1) is 0 Å². The summed E-state index contributed by atoms with van der Waals surface area (Å²) in [4.78, 5) is 4.64. The summed E-state index contributed by atoms with van der Waals surface area (Å²) >= 11 is 3.48. The van der Waals surface area contributed by atoms with Gasteiger partial charge in [0, 0.05) is 21.1 Å². The largest absolute Gasteiger partial charge is 0.384 e. The van der Waals surface area contributed by atoms with Gasteiger partial charge in [-0.2, -0.15) is 0 Å². The summed E-state index contributed by atoms with van der Waals surface area (Å²) in [6, 6.07) is 15.5. The van der Waals surface area contributed by atoms with Crippen LogP contribution < -0.4 is 11.1 Å². The van der Waals surface area contributed by atoms with E-state index in [1.807, 2.05) is 42.5 Å². The highest BCUT2D eigenvalue weighted by atomic mass is 79.9. The number of aromatic nitrogens is 1. The van der Waals surface area contributed by atoms with Crippen LogP contribution in [0.15, 0.2) is 53.0 Å². The van der Waals surface area contributed by atoms with E-state index in [2.05, 4.69) is 39.2 Å². The summed E-state index contributed by atoms with van der Waals surface area (Å²) in [5.74, 6) is 0.856. The summed E-state index contributed by atoms with van der Waals surface area (Å²) < 4.78 is 1.01. The van der Waals surface area contributed by atoms with Crippen molar-refractivity contribution in [3.05, 3.63) is 64.1 Å². The molecule has 0 fully saturated rings. The van der Waals surface area contributed by atoms with Crippen LogP contribution in [0, 0.1) is 12.3 Å². The van der Waals surface area contributed by atoms with Gasteiger partial charge in [0.25, 0.3) is 0 Å². The molecule has 0 amide bonds. The summed E-state index contributed by atoms with van der Waals surface area (Å²) in [6.07, 6.45) is 0. The van der Waals surface area contributed by atoms with E-state index in [1.54, 1.807) is 0 Å². The first-order chi connectivity index (χ1) is 10.5. The Morgan fingerprint density at radius 1 is 1.14 bits per heavy atom. The number of nitrogen functional groups attached to an aromatic ring is 1. The molecule has 0 saturated carbocycles. The van der Waals surface area contributed by atoms with Gasteiger partial charge in [-0.3, -0.25) is 5.41 Å². The number of hydrogen-bond acceptors (Lipinski definition) is 3. The topological polar surface area (TPSA) is 74.8 Å². The maximum absolute atomic E-state index is 7.41. The van der Waals surface area contributed by atoms with Crippen molar-refractivity contribution >= 4 is 44.2 Å². The predicted molar refractivity (Wildman–Crippen MR) is 94.9 cm³/mol. The Kier molecular flexibility index (Phi) is 3.81. The lowest BCUT2D eigenvalue weighted by Crippen LogP contribution is -2.10. The average molecular weight is 355 g/mol. The number of fused-ring (bicyclic) bond motifs is 1. The van der Waals surface area contributed by atoms with Gasteiger partial charge < -0.3 is 11.1 Å². The zero-order valence-electron chi connectivity index (χ0n) is 12.0. The Hall–Kier alpha value is -2.40. The second kappa shape index (κ2) is 5.77. The van der Waals surface area contributed by atoms with E-state index in [-0.39, 0.29) is 5.84 Å². The smallest absolute Gasteiger partial charge is 0.131 e. The van der Waals surface area contributed by atoms with Crippen LogP contribution in [-0.4, -0.2) is 10.8 Å². The molecule has 3 rings (SSSR count). The van der Waals surface area contributed by atoms with Crippen LogP contribution in [0.2, 0.25) is 0 Å². The monoisotopic (exact) mass is 354 g/mol. The number of benzene rings is 2. The molecule has 4 N–H and O–H groups in total. The fourth-order valence-corrected chi connectivity index (χ4v) is 2.67. The van der Waals surface area contributed by atoms with Gasteiger partial charge in [-0.25, -0.2) is 4.98 Å². The average Bonchev–Trinajstić information content (AvgIpc) is 2.47. The molecule has 22 heavy (non-hydrogen) atoms. The molecule has 0 aliphatic heterocycles. The quantitative estimate of drug-likeness (QED) is 0.483. The van der Waals surface area contributed by atoms with Crippen LogP contribution in [0.1, 0.15) is 11.1 Å². The Bertz CT molecular complexity index is 856. The van der Waals surface area contributed by atoms with Crippen molar-refractivity contribution in [2.75, 3.05) is 5.32 Å². The molecule has 0 unspecified atom stereocenters. The molecule has 0 bridgehead atoms. The summed E-state index contributed by atoms with van der Waals surface area (Å²) in [7, 11) is 0. The Balaban J connectivity index is 1.94. The second-order valence-electron chi connectivity index (χ2n) is 5.10. The molecule has 4 nitrogen and oxygen atoms in total. The van der Waals surface area contributed by atoms with E-state index in [4.69, 9.17) is 11.1 Å². The lowest BCUT2D eigenvalue weighted by Gasteiger charge is -2.10. The maximum Gasteiger partial charge on any atom is 0.131 e. The van der Waals surface area contributed by atoms with Crippen molar-refractivity contribution in [3.8, 4) is 0 Å². The summed E-state index contributed by atoms with van der Waals surface area (Å²) in [6.45, 7) is 2.07. The third-order valence-electron chi connectivity index (χ3n) is 3.45. The van der Waals surface area contributed by atoms with E-state index >= 15 is 0 Å². The van der Waals surface area contributed by atoms with Crippen LogP contribution in [0.25, 0.3) is 10.9 Å². The number of pyridine rings is 1.